The van der Waals surface area contributed by atoms with E-state index in [-0.39, 0.29) is 5.60 Å². The summed E-state index contributed by atoms with van der Waals surface area (Å²) >= 11 is 0. The first-order valence-corrected chi connectivity index (χ1v) is 15.0. The summed E-state index contributed by atoms with van der Waals surface area (Å²) in [6.07, 6.45) is 12.1. The maximum absolute atomic E-state index is 12.3. The highest BCUT2D eigenvalue weighted by Gasteiger charge is 2.60. The van der Waals surface area contributed by atoms with Gasteiger partial charge < -0.3 is 10.1 Å². The van der Waals surface area contributed by atoms with Gasteiger partial charge in [0.15, 0.2) is 0 Å². The third-order valence-electron chi connectivity index (χ3n) is 12.3. The third-order valence-corrected chi connectivity index (χ3v) is 12.3. The van der Waals surface area contributed by atoms with Gasteiger partial charge in [0, 0.05) is 44.4 Å². The minimum absolute atomic E-state index is 0.0343. The van der Waals surface area contributed by atoms with E-state index in [1.807, 2.05) is 5.57 Å². The quantitative estimate of drug-likeness (QED) is 0.531. The van der Waals surface area contributed by atoms with Gasteiger partial charge in [-0.1, -0.05) is 31.9 Å². The Hall–Kier alpha value is -0.710. The van der Waals surface area contributed by atoms with Crippen molar-refractivity contribution in [1.29, 1.82) is 0 Å². The molecule has 196 valence electrons. The average Bonchev–Trinajstić information content (AvgIpc) is 3.28. The SMILES string of the molecule is CNCCN1C[C@@H](C)C[C@H]2OC3(CC[C@@H]4C(=C(C)C3)C[C@H]3[C@H]4CC[C@@H]4CC(=O)CC[C@@]43C)[C@H](C)[C@@H]21. The van der Waals surface area contributed by atoms with Crippen molar-refractivity contribution in [3.05, 3.63) is 11.1 Å². The minimum Gasteiger partial charge on any atom is -0.369 e. The number of fused-ring (bicyclic) bond motifs is 6. The number of nitrogens with one attached hydrogen (secondary N) is 1. The maximum atomic E-state index is 12.3. The summed E-state index contributed by atoms with van der Waals surface area (Å²) in [5.74, 6) is 4.91. The smallest absolute Gasteiger partial charge is 0.133 e. The monoisotopic (exact) mass is 482 g/mol. The van der Waals surface area contributed by atoms with Gasteiger partial charge in [-0.05, 0) is 100 Å². The van der Waals surface area contributed by atoms with Gasteiger partial charge >= 0.3 is 0 Å². The van der Waals surface area contributed by atoms with Crippen molar-refractivity contribution in [2.75, 3.05) is 26.7 Å². The number of ether oxygens (including phenoxy) is 1. The summed E-state index contributed by atoms with van der Waals surface area (Å²) < 4.78 is 7.22. The maximum Gasteiger partial charge on any atom is 0.133 e. The highest BCUT2D eigenvalue weighted by atomic mass is 16.5. The molecule has 2 saturated heterocycles. The molecule has 1 N–H and O–H groups in total. The van der Waals surface area contributed by atoms with Gasteiger partial charge in [0.1, 0.15) is 5.78 Å². The molecule has 1 unspecified atom stereocenters. The van der Waals surface area contributed by atoms with Crippen molar-refractivity contribution in [1.82, 2.24) is 10.2 Å². The van der Waals surface area contributed by atoms with Crippen LogP contribution in [-0.2, 0) is 9.53 Å². The lowest BCUT2D eigenvalue weighted by Crippen LogP contribution is -2.53. The first kappa shape index (κ1) is 24.6. The first-order valence-electron chi connectivity index (χ1n) is 15.0. The summed E-state index contributed by atoms with van der Waals surface area (Å²) in [4.78, 5) is 15.0. The Balaban J connectivity index is 1.26. The number of nitrogens with zero attached hydrogens (tertiary/aromatic N) is 1. The van der Waals surface area contributed by atoms with E-state index in [0.29, 0.717) is 35.2 Å². The molecule has 0 bridgehead atoms. The van der Waals surface area contributed by atoms with E-state index in [9.17, 15) is 4.79 Å². The van der Waals surface area contributed by atoms with Crippen LogP contribution in [0.25, 0.3) is 0 Å². The molecular weight excluding hydrogens is 432 g/mol. The van der Waals surface area contributed by atoms with E-state index < -0.39 is 0 Å². The molecule has 10 atom stereocenters. The molecule has 0 amide bonds. The zero-order valence-corrected chi connectivity index (χ0v) is 23.1. The lowest BCUT2D eigenvalue weighted by molar-refractivity contribution is -0.129. The molecule has 2 aliphatic heterocycles. The largest absolute Gasteiger partial charge is 0.369 e. The lowest BCUT2D eigenvalue weighted by Gasteiger charge is -2.52. The summed E-state index contributed by atoms with van der Waals surface area (Å²) in [6.45, 7) is 13.4. The molecular formula is C31H50N2O2. The molecule has 1 spiro atoms. The van der Waals surface area contributed by atoms with Crippen LogP contribution in [0.5, 0.6) is 0 Å². The zero-order chi connectivity index (χ0) is 24.5. The fourth-order valence-corrected chi connectivity index (χ4v) is 10.5. The van der Waals surface area contributed by atoms with Crippen LogP contribution < -0.4 is 5.32 Å². The first-order chi connectivity index (χ1) is 16.8. The summed E-state index contributed by atoms with van der Waals surface area (Å²) in [7, 11) is 2.08. The molecule has 4 nitrogen and oxygen atoms in total. The van der Waals surface area contributed by atoms with E-state index in [0.717, 1.165) is 62.4 Å². The van der Waals surface area contributed by atoms with Crippen LogP contribution in [0.1, 0.15) is 91.9 Å². The molecule has 4 heteroatoms. The van der Waals surface area contributed by atoms with Gasteiger partial charge in [-0.25, -0.2) is 0 Å². The third kappa shape index (κ3) is 3.83. The summed E-state index contributed by atoms with van der Waals surface area (Å²) in [5, 5.41) is 3.38. The van der Waals surface area contributed by atoms with Crippen LogP contribution in [-0.4, -0.2) is 55.1 Å². The Labute approximate surface area is 214 Å². The lowest BCUT2D eigenvalue weighted by atomic mass is 9.52. The van der Waals surface area contributed by atoms with Crippen molar-refractivity contribution < 1.29 is 9.53 Å². The number of likely N-dealkylation sites (N-methyl/N-ethyl adjacent to an activating group) is 1. The van der Waals surface area contributed by atoms with E-state index >= 15 is 0 Å². The molecule has 2 heterocycles. The fourth-order valence-electron chi connectivity index (χ4n) is 10.5. The van der Waals surface area contributed by atoms with Gasteiger partial charge in [-0.3, -0.25) is 9.69 Å². The molecule has 0 aromatic heterocycles. The van der Waals surface area contributed by atoms with Gasteiger partial charge in [0.05, 0.1) is 11.7 Å². The second-order valence-electron chi connectivity index (χ2n) is 14.1. The molecule has 0 aromatic rings. The number of allylic oxidation sites excluding steroid dienone is 1. The number of hydrogen-bond donors (Lipinski definition) is 1. The Bertz CT molecular complexity index is 883. The van der Waals surface area contributed by atoms with E-state index in [1.165, 1.54) is 45.1 Å². The molecule has 4 aliphatic carbocycles. The number of ketones is 1. The molecule has 5 fully saturated rings. The Kier molecular flexibility index (Phi) is 6.29. The van der Waals surface area contributed by atoms with E-state index in [2.05, 4.69) is 45.0 Å². The van der Waals surface area contributed by atoms with Crippen LogP contribution in [0.3, 0.4) is 0 Å². The van der Waals surface area contributed by atoms with Crippen molar-refractivity contribution in [2.24, 2.45) is 40.9 Å². The minimum atomic E-state index is 0.0343. The molecule has 0 radical (unpaired) electrons. The standard InChI is InChI=1S/C31H50N2O2/c1-19-14-28-29(33(18-19)13-12-32-5)21(3)31(35-28)11-9-24-25-7-6-22-15-23(34)8-10-30(22,4)27(25)16-26(24)20(2)17-31/h19,21-22,24-25,27-29,32H,6-18H2,1-5H3/t19-,21+,22+,24-,25-,27-,28+,29-,30-,31?/m0/s1. The van der Waals surface area contributed by atoms with Gasteiger partial charge in [-0.15, -0.1) is 0 Å². The van der Waals surface area contributed by atoms with Crippen LogP contribution in [0, 0.1) is 40.9 Å². The molecule has 3 saturated carbocycles. The highest BCUT2D eigenvalue weighted by molar-refractivity contribution is 5.79. The average molecular weight is 483 g/mol. The number of rotatable bonds is 3. The van der Waals surface area contributed by atoms with E-state index in [1.54, 1.807) is 5.57 Å². The highest BCUT2D eigenvalue weighted by Crippen LogP contribution is 2.65. The number of carbonyl (C=O) groups is 1. The van der Waals surface area contributed by atoms with Gasteiger partial charge in [-0.2, -0.15) is 0 Å². The Morgan fingerprint density at radius 3 is 2.77 bits per heavy atom. The van der Waals surface area contributed by atoms with E-state index in [4.69, 9.17) is 4.74 Å². The molecule has 35 heavy (non-hydrogen) atoms. The van der Waals surface area contributed by atoms with Crippen LogP contribution in [0.15, 0.2) is 11.1 Å². The van der Waals surface area contributed by atoms with Gasteiger partial charge in [0.25, 0.3) is 0 Å². The van der Waals surface area contributed by atoms with Crippen LogP contribution >= 0.6 is 0 Å². The topological polar surface area (TPSA) is 41.6 Å². The number of likely N-dealkylation sites (tertiary alicyclic amines) is 1. The van der Waals surface area contributed by atoms with Crippen LogP contribution in [0.2, 0.25) is 0 Å². The Morgan fingerprint density at radius 2 is 1.97 bits per heavy atom. The fraction of sp³-hybridized carbons (Fsp3) is 0.903. The number of hydrogen-bond acceptors (Lipinski definition) is 4. The number of carbonyl (C=O) groups excluding carboxylic acids is 1. The second-order valence-corrected chi connectivity index (χ2v) is 14.1. The summed E-state index contributed by atoms with van der Waals surface area (Å²) in [5.41, 5.74) is 3.92. The normalized spacial score (nSPS) is 50.0. The predicted molar refractivity (Wildman–Crippen MR) is 141 cm³/mol. The number of piperidine rings is 1. The van der Waals surface area contributed by atoms with Crippen LogP contribution in [0.4, 0.5) is 0 Å². The molecule has 0 aromatic carbocycles. The van der Waals surface area contributed by atoms with Gasteiger partial charge in [0.2, 0.25) is 0 Å². The van der Waals surface area contributed by atoms with Crippen molar-refractivity contribution in [2.45, 2.75) is 110 Å². The summed E-state index contributed by atoms with van der Waals surface area (Å²) in [6, 6.07) is 0.581. The van der Waals surface area contributed by atoms with Crippen molar-refractivity contribution in [3.8, 4) is 0 Å². The van der Waals surface area contributed by atoms with Crippen molar-refractivity contribution >= 4 is 5.78 Å². The Morgan fingerprint density at radius 1 is 1.14 bits per heavy atom. The van der Waals surface area contributed by atoms with Crippen molar-refractivity contribution in [3.63, 3.8) is 0 Å². The second kappa shape index (κ2) is 8.95. The molecule has 6 aliphatic rings. The predicted octanol–water partition coefficient (Wildman–Crippen LogP) is 5.61. The number of Topliss-reactive ketones (excluding diaryl/α,β-unsaturated/α-hetero) is 1. The zero-order valence-electron chi connectivity index (χ0n) is 23.1. The molecule has 6 rings (SSSR count).